The Kier molecular flexibility index (Phi) is 6.26. The number of aromatic nitrogens is 1. The van der Waals surface area contributed by atoms with Gasteiger partial charge in [0.1, 0.15) is 5.82 Å². The van der Waals surface area contributed by atoms with Crippen LogP contribution in [0.2, 0.25) is 5.02 Å². The molecule has 2 N–H and O–H groups in total. The first-order valence-electron chi connectivity index (χ1n) is 12.9. The summed E-state index contributed by atoms with van der Waals surface area (Å²) in [4.78, 5) is 19.6. The van der Waals surface area contributed by atoms with Crippen molar-refractivity contribution in [2.24, 2.45) is 11.8 Å². The first-order valence-corrected chi connectivity index (χ1v) is 13.3. The van der Waals surface area contributed by atoms with E-state index in [1.54, 1.807) is 6.20 Å². The highest BCUT2D eigenvalue weighted by atomic mass is 35.5. The number of aliphatic hydroxyl groups excluding tert-OH is 1. The third kappa shape index (κ3) is 4.46. The summed E-state index contributed by atoms with van der Waals surface area (Å²) in [5.41, 5.74) is 0.845. The van der Waals surface area contributed by atoms with Crippen LogP contribution in [0.25, 0.3) is 10.8 Å². The number of carbonyl (C=O) groups is 1. The van der Waals surface area contributed by atoms with Gasteiger partial charge in [-0.15, -0.1) is 0 Å². The molecule has 1 amide bonds. The van der Waals surface area contributed by atoms with Crippen molar-refractivity contribution in [3.05, 3.63) is 35.0 Å². The molecule has 3 saturated heterocycles. The molecule has 0 radical (unpaired) electrons. The third-order valence-electron chi connectivity index (χ3n) is 8.75. The second-order valence-corrected chi connectivity index (χ2v) is 11.4. The number of nitrogens with one attached hydrogen (secondary N) is 1. The van der Waals surface area contributed by atoms with Crippen LogP contribution in [-0.4, -0.2) is 71.6 Å². The Balaban J connectivity index is 1.14. The van der Waals surface area contributed by atoms with E-state index >= 15 is 0 Å². The van der Waals surface area contributed by atoms with Gasteiger partial charge in [-0.25, -0.2) is 4.98 Å². The molecule has 35 heavy (non-hydrogen) atoms. The highest BCUT2D eigenvalue weighted by Crippen LogP contribution is 2.46. The molecule has 5 atom stereocenters. The lowest BCUT2D eigenvalue weighted by Gasteiger charge is -2.43. The van der Waals surface area contributed by atoms with Crippen molar-refractivity contribution < 1.29 is 19.4 Å². The maximum Gasteiger partial charge on any atom is 0.229 e. The van der Waals surface area contributed by atoms with Gasteiger partial charge >= 0.3 is 0 Å². The second-order valence-electron chi connectivity index (χ2n) is 11.0. The third-order valence-corrected chi connectivity index (χ3v) is 9.08. The van der Waals surface area contributed by atoms with E-state index in [9.17, 15) is 9.90 Å². The monoisotopic (exact) mass is 499 g/mol. The number of nitrogens with zero attached hydrogens (tertiary/aromatic N) is 2. The molecule has 1 aromatic carbocycles. The Morgan fingerprint density at radius 1 is 1.23 bits per heavy atom. The lowest BCUT2D eigenvalue weighted by atomic mass is 9.85. The molecule has 188 valence electrons. The van der Waals surface area contributed by atoms with Crippen LogP contribution in [0.1, 0.15) is 50.5 Å². The zero-order chi connectivity index (χ0) is 24.2. The Bertz CT molecular complexity index is 1120. The van der Waals surface area contributed by atoms with Crippen molar-refractivity contribution in [1.82, 2.24) is 9.88 Å². The number of halogens is 1. The number of hydrogen-bond donors (Lipinski definition) is 2. The molecule has 0 spiro atoms. The quantitative estimate of drug-likeness (QED) is 0.647. The predicted molar refractivity (Wildman–Crippen MR) is 135 cm³/mol. The molecule has 1 aliphatic carbocycles. The highest BCUT2D eigenvalue weighted by Gasteiger charge is 2.49. The van der Waals surface area contributed by atoms with Crippen molar-refractivity contribution >= 4 is 34.1 Å². The standard InChI is InChI=1S/C27H34ClN3O4/c1-27(15-34-14-24(27)32)31-6-4-16(5-7-31)19-9-17-11-25(29-13-18(17)10-22(19)28)30-26(33)21-12-20(21)23-3-2-8-35-23/h9-11,13,16,20-21,23-24,32H,2-8,12,14-15H2,1H3,(H,29,30,33). The van der Waals surface area contributed by atoms with Gasteiger partial charge in [-0.05, 0) is 93.1 Å². The smallest absolute Gasteiger partial charge is 0.229 e. The van der Waals surface area contributed by atoms with Crippen LogP contribution in [0.4, 0.5) is 5.82 Å². The van der Waals surface area contributed by atoms with Crippen molar-refractivity contribution in [1.29, 1.82) is 0 Å². The minimum absolute atomic E-state index is 0.0344. The molecule has 2 aromatic rings. The van der Waals surface area contributed by atoms with E-state index in [1.165, 1.54) is 0 Å². The fourth-order valence-corrected chi connectivity index (χ4v) is 6.63. The summed E-state index contributed by atoms with van der Waals surface area (Å²) in [7, 11) is 0. The molecule has 4 fully saturated rings. The van der Waals surface area contributed by atoms with Gasteiger partial charge in [0, 0.05) is 29.1 Å². The average molecular weight is 500 g/mol. The van der Waals surface area contributed by atoms with Crippen molar-refractivity contribution in [3.63, 3.8) is 0 Å². The first-order chi connectivity index (χ1) is 16.9. The van der Waals surface area contributed by atoms with Crippen molar-refractivity contribution in [3.8, 4) is 0 Å². The summed E-state index contributed by atoms with van der Waals surface area (Å²) in [6, 6.07) is 6.11. The fourth-order valence-electron chi connectivity index (χ4n) is 6.31. The number of hydrogen-bond acceptors (Lipinski definition) is 6. The first kappa shape index (κ1) is 23.6. The number of benzene rings is 1. The number of carbonyl (C=O) groups excluding carboxylic acids is 1. The van der Waals surface area contributed by atoms with E-state index in [1.807, 2.05) is 12.1 Å². The van der Waals surface area contributed by atoms with Gasteiger partial charge < -0.3 is 19.9 Å². The Labute approximate surface area is 211 Å². The van der Waals surface area contributed by atoms with Crippen molar-refractivity contribution in [2.75, 3.05) is 38.2 Å². The summed E-state index contributed by atoms with van der Waals surface area (Å²) in [6.07, 6.45) is 6.63. The Morgan fingerprint density at radius 2 is 2.06 bits per heavy atom. The van der Waals surface area contributed by atoms with Crippen LogP contribution in [0.5, 0.6) is 0 Å². The maximum atomic E-state index is 12.8. The lowest BCUT2D eigenvalue weighted by molar-refractivity contribution is -0.118. The molecule has 0 bridgehead atoms. The van der Waals surface area contributed by atoms with Crippen molar-refractivity contribution in [2.45, 2.75) is 62.7 Å². The largest absolute Gasteiger partial charge is 0.389 e. The molecule has 7 nitrogen and oxygen atoms in total. The summed E-state index contributed by atoms with van der Waals surface area (Å²) in [5, 5.41) is 16.2. The van der Waals surface area contributed by atoms with Gasteiger partial charge in [-0.1, -0.05) is 11.6 Å². The highest BCUT2D eigenvalue weighted by molar-refractivity contribution is 6.32. The number of anilines is 1. The number of fused-ring (bicyclic) bond motifs is 1. The minimum Gasteiger partial charge on any atom is -0.389 e. The van der Waals surface area contributed by atoms with E-state index in [0.717, 1.165) is 73.2 Å². The van der Waals surface area contributed by atoms with Gasteiger partial charge in [0.2, 0.25) is 5.91 Å². The topological polar surface area (TPSA) is 83.9 Å². The molecule has 1 aromatic heterocycles. The van der Waals surface area contributed by atoms with Crippen LogP contribution in [0.15, 0.2) is 24.4 Å². The van der Waals surface area contributed by atoms with E-state index in [0.29, 0.717) is 30.9 Å². The molecule has 4 aliphatic rings. The number of likely N-dealkylation sites (tertiary alicyclic amines) is 1. The van der Waals surface area contributed by atoms with E-state index in [2.05, 4.69) is 28.2 Å². The fraction of sp³-hybridized carbons (Fsp3) is 0.630. The van der Waals surface area contributed by atoms with Crippen LogP contribution in [0, 0.1) is 11.8 Å². The Hall–Kier alpha value is -1.77. The summed E-state index contributed by atoms with van der Waals surface area (Å²) in [6.45, 7) is 5.71. The maximum absolute atomic E-state index is 12.8. The zero-order valence-corrected chi connectivity index (χ0v) is 21.0. The molecule has 3 aliphatic heterocycles. The van der Waals surface area contributed by atoms with Gasteiger partial charge in [0.05, 0.1) is 31.0 Å². The number of piperidine rings is 1. The van der Waals surface area contributed by atoms with E-state index < -0.39 is 6.10 Å². The number of pyridine rings is 1. The minimum atomic E-state index is -0.443. The average Bonchev–Trinajstić information content (AvgIpc) is 3.32. The SMILES string of the molecule is CC1(N2CCC(c3cc4cc(NC(=O)C5CC5C5CCCO5)ncc4cc3Cl)CC2)COCC1O. The van der Waals surface area contributed by atoms with Crippen LogP contribution < -0.4 is 5.32 Å². The Morgan fingerprint density at radius 3 is 2.77 bits per heavy atom. The molecule has 5 unspecified atom stereocenters. The van der Waals surface area contributed by atoms with Gasteiger partial charge in [-0.2, -0.15) is 0 Å². The van der Waals surface area contributed by atoms with Gasteiger partial charge in [-0.3, -0.25) is 9.69 Å². The molecule has 1 saturated carbocycles. The predicted octanol–water partition coefficient (Wildman–Crippen LogP) is 3.97. The normalized spacial score (nSPS) is 33.9. The van der Waals surface area contributed by atoms with E-state index in [-0.39, 0.29) is 23.5 Å². The number of amides is 1. The summed E-state index contributed by atoms with van der Waals surface area (Å²) >= 11 is 6.72. The summed E-state index contributed by atoms with van der Waals surface area (Å²) in [5.74, 6) is 1.38. The number of aliphatic hydroxyl groups is 1. The second kappa shape index (κ2) is 9.27. The lowest BCUT2D eigenvalue weighted by Crippen LogP contribution is -2.56. The molecule has 4 heterocycles. The summed E-state index contributed by atoms with van der Waals surface area (Å²) < 4.78 is 11.3. The van der Waals surface area contributed by atoms with Crippen LogP contribution >= 0.6 is 11.6 Å². The molecule has 6 rings (SSSR count). The van der Waals surface area contributed by atoms with Crippen LogP contribution in [-0.2, 0) is 14.3 Å². The molecular formula is C27H34ClN3O4. The number of rotatable bonds is 5. The zero-order valence-electron chi connectivity index (χ0n) is 20.2. The molecular weight excluding hydrogens is 466 g/mol. The van der Waals surface area contributed by atoms with Gasteiger partial charge in [0.25, 0.3) is 0 Å². The number of ether oxygens (including phenoxy) is 2. The van der Waals surface area contributed by atoms with Crippen LogP contribution in [0.3, 0.4) is 0 Å². The van der Waals surface area contributed by atoms with E-state index in [4.69, 9.17) is 21.1 Å². The van der Waals surface area contributed by atoms with Gasteiger partial charge in [0.15, 0.2) is 0 Å². The molecule has 8 heteroatoms.